The van der Waals surface area contributed by atoms with E-state index in [0.29, 0.717) is 18.8 Å². The molecule has 0 amide bonds. The Balaban J connectivity index is 2.89. The van der Waals surface area contributed by atoms with Gasteiger partial charge in [-0.2, -0.15) is 5.26 Å². The van der Waals surface area contributed by atoms with E-state index in [2.05, 4.69) is 6.07 Å². The maximum absolute atomic E-state index is 10.8. The molecule has 1 atom stereocenters. The summed E-state index contributed by atoms with van der Waals surface area (Å²) in [5, 5.41) is 19.5. The van der Waals surface area contributed by atoms with Gasteiger partial charge in [0.25, 0.3) is 5.69 Å². The van der Waals surface area contributed by atoms with Gasteiger partial charge in [-0.25, -0.2) is 0 Å². The second-order valence-corrected chi connectivity index (χ2v) is 4.48. The van der Waals surface area contributed by atoms with Crippen molar-refractivity contribution in [3.05, 3.63) is 33.9 Å². The van der Waals surface area contributed by atoms with Crippen LogP contribution in [0.3, 0.4) is 0 Å². The lowest BCUT2D eigenvalue weighted by Crippen LogP contribution is -2.23. The number of hydrogen-bond donors (Lipinski definition) is 0. The van der Waals surface area contributed by atoms with Crippen molar-refractivity contribution in [3.8, 4) is 11.8 Å². The first-order valence-corrected chi connectivity index (χ1v) is 5.87. The van der Waals surface area contributed by atoms with E-state index in [1.165, 1.54) is 19.2 Å². The highest BCUT2D eigenvalue weighted by molar-refractivity contribution is 5.43. The van der Waals surface area contributed by atoms with Crippen molar-refractivity contribution < 1.29 is 9.66 Å². The zero-order chi connectivity index (χ0) is 14.4. The molecule has 6 heteroatoms. The van der Waals surface area contributed by atoms with Crippen LogP contribution in [0.25, 0.3) is 0 Å². The van der Waals surface area contributed by atoms with E-state index in [4.69, 9.17) is 10.00 Å². The number of nitro groups is 1. The van der Waals surface area contributed by atoms with E-state index >= 15 is 0 Å². The molecule has 0 aromatic heterocycles. The van der Waals surface area contributed by atoms with Crippen LogP contribution in [0.1, 0.15) is 12.5 Å². The molecule has 0 N–H and O–H groups in total. The van der Waals surface area contributed by atoms with Crippen molar-refractivity contribution in [3.63, 3.8) is 0 Å². The Morgan fingerprint density at radius 2 is 2.26 bits per heavy atom. The average Bonchev–Trinajstić information content (AvgIpc) is 2.38. The number of nitriles is 1. The predicted octanol–water partition coefficient (Wildman–Crippen LogP) is 2.19. The van der Waals surface area contributed by atoms with Gasteiger partial charge in [-0.05, 0) is 20.0 Å². The summed E-state index contributed by atoms with van der Waals surface area (Å²) in [5.74, 6) is 0.525. The molecule has 0 saturated heterocycles. The molecular formula is C13H17N3O3. The quantitative estimate of drug-likeness (QED) is 0.580. The van der Waals surface area contributed by atoms with Crippen LogP contribution in [0.2, 0.25) is 0 Å². The molecule has 0 radical (unpaired) electrons. The van der Waals surface area contributed by atoms with E-state index in [-0.39, 0.29) is 11.6 Å². The number of nitrogens with zero attached hydrogens (tertiary/aromatic N) is 3. The maximum atomic E-state index is 10.8. The minimum Gasteiger partial charge on any atom is -0.496 e. The van der Waals surface area contributed by atoms with Gasteiger partial charge in [-0.3, -0.25) is 10.1 Å². The molecule has 1 aromatic carbocycles. The summed E-state index contributed by atoms with van der Waals surface area (Å²) < 4.78 is 5.20. The third-order valence-corrected chi connectivity index (χ3v) is 2.72. The topological polar surface area (TPSA) is 79.4 Å². The van der Waals surface area contributed by atoms with Crippen LogP contribution >= 0.6 is 0 Å². The van der Waals surface area contributed by atoms with Crippen molar-refractivity contribution in [1.82, 2.24) is 4.90 Å². The lowest BCUT2D eigenvalue weighted by atomic mass is 10.1. The Bertz CT molecular complexity index is 496. The molecule has 0 aliphatic carbocycles. The molecule has 0 spiro atoms. The van der Waals surface area contributed by atoms with E-state index in [0.717, 1.165) is 5.56 Å². The monoisotopic (exact) mass is 263 g/mol. The normalized spacial score (nSPS) is 11.9. The van der Waals surface area contributed by atoms with Gasteiger partial charge in [0, 0.05) is 30.8 Å². The molecule has 0 saturated carbocycles. The van der Waals surface area contributed by atoms with Crippen LogP contribution < -0.4 is 4.74 Å². The zero-order valence-corrected chi connectivity index (χ0v) is 11.3. The minimum atomic E-state index is -0.430. The number of nitro benzene ring substituents is 1. The summed E-state index contributed by atoms with van der Waals surface area (Å²) in [4.78, 5) is 12.3. The fourth-order valence-electron chi connectivity index (χ4n) is 1.87. The zero-order valence-electron chi connectivity index (χ0n) is 11.3. The molecule has 1 unspecified atom stereocenters. The number of benzene rings is 1. The lowest BCUT2D eigenvalue weighted by molar-refractivity contribution is -0.384. The van der Waals surface area contributed by atoms with Crippen molar-refractivity contribution in [1.29, 1.82) is 5.26 Å². The summed E-state index contributed by atoms with van der Waals surface area (Å²) in [5.41, 5.74) is 0.780. The minimum absolute atomic E-state index is 0.0394. The van der Waals surface area contributed by atoms with Crippen LogP contribution in [0, 0.1) is 27.4 Å². The van der Waals surface area contributed by atoms with Crippen LogP contribution in [0.5, 0.6) is 5.75 Å². The van der Waals surface area contributed by atoms with Gasteiger partial charge in [-0.15, -0.1) is 0 Å². The molecule has 102 valence electrons. The molecule has 0 aliphatic heterocycles. The SMILES string of the molecule is COc1ccc([N+](=O)[O-])cc1CN(C)CC(C)C#N. The first-order valence-electron chi connectivity index (χ1n) is 5.87. The number of ether oxygens (including phenoxy) is 1. The fraction of sp³-hybridized carbons (Fsp3) is 0.462. The molecule has 19 heavy (non-hydrogen) atoms. The summed E-state index contributed by atoms with van der Waals surface area (Å²) in [7, 11) is 3.40. The highest BCUT2D eigenvalue weighted by Crippen LogP contribution is 2.25. The van der Waals surface area contributed by atoms with Crippen molar-refractivity contribution in [2.24, 2.45) is 5.92 Å². The van der Waals surface area contributed by atoms with Gasteiger partial charge in [-0.1, -0.05) is 0 Å². The predicted molar refractivity (Wildman–Crippen MR) is 70.8 cm³/mol. The molecule has 0 aliphatic rings. The fourth-order valence-corrected chi connectivity index (χ4v) is 1.87. The third kappa shape index (κ3) is 4.23. The summed E-state index contributed by atoms with van der Waals surface area (Å²) in [6, 6.07) is 6.67. The Kier molecular flexibility index (Phi) is 5.27. The number of hydrogen-bond acceptors (Lipinski definition) is 5. The van der Waals surface area contributed by atoms with E-state index in [1.54, 1.807) is 6.07 Å². The second kappa shape index (κ2) is 6.71. The van der Waals surface area contributed by atoms with Crippen LogP contribution in [0.15, 0.2) is 18.2 Å². The molecule has 6 nitrogen and oxygen atoms in total. The highest BCUT2D eigenvalue weighted by Gasteiger charge is 2.14. The van der Waals surface area contributed by atoms with Gasteiger partial charge >= 0.3 is 0 Å². The molecule has 0 fully saturated rings. The standard InChI is InChI=1S/C13H17N3O3/c1-10(7-14)8-15(2)9-11-6-12(16(17)18)4-5-13(11)19-3/h4-6,10H,8-9H2,1-3H3. The van der Waals surface area contributed by atoms with Gasteiger partial charge in [0.15, 0.2) is 0 Å². The van der Waals surface area contributed by atoms with E-state index in [9.17, 15) is 10.1 Å². The Morgan fingerprint density at radius 1 is 1.58 bits per heavy atom. The smallest absolute Gasteiger partial charge is 0.270 e. The van der Waals surface area contributed by atoms with Crippen molar-refractivity contribution in [2.45, 2.75) is 13.5 Å². The van der Waals surface area contributed by atoms with E-state index < -0.39 is 4.92 Å². The number of methoxy groups -OCH3 is 1. The average molecular weight is 263 g/mol. The first-order chi connectivity index (χ1) is 8.97. The van der Waals surface area contributed by atoms with Crippen LogP contribution in [-0.2, 0) is 6.54 Å². The Hall–Kier alpha value is -2.13. The lowest BCUT2D eigenvalue weighted by Gasteiger charge is -2.19. The first kappa shape index (κ1) is 14.9. The van der Waals surface area contributed by atoms with Gasteiger partial charge in [0.2, 0.25) is 0 Å². The summed E-state index contributed by atoms with van der Waals surface area (Å²) >= 11 is 0. The maximum Gasteiger partial charge on any atom is 0.270 e. The Labute approximate surface area is 112 Å². The third-order valence-electron chi connectivity index (χ3n) is 2.72. The summed E-state index contributed by atoms with van der Waals surface area (Å²) in [6.07, 6.45) is 0. The van der Waals surface area contributed by atoms with Gasteiger partial charge in [0.05, 0.1) is 24.0 Å². The largest absolute Gasteiger partial charge is 0.496 e. The second-order valence-electron chi connectivity index (χ2n) is 4.48. The molecular weight excluding hydrogens is 246 g/mol. The molecule has 1 rings (SSSR count). The summed E-state index contributed by atoms with van der Waals surface area (Å²) in [6.45, 7) is 2.93. The van der Waals surface area contributed by atoms with Crippen molar-refractivity contribution in [2.75, 3.05) is 20.7 Å². The van der Waals surface area contributed by atoms with E-state index in [1.807, 2.05) is 18.9 Å². The van der Waals surface area contributed by atoms with Crippen molar-refractivity contribution >= 4 is 5.69 Å². The van der Waals surface area contributed by atoms with Gasteiger partial charge in [0.1, 0.15) is 5.75 Å². The number of non-ortho nitro benzene ring substituents is 1. The Morgan fingerprint density at radius 3 is 2.79 bits per heavy atom. The highest BCUT2D eigenvalue weighted by atomic mass is 16.6. The van der Waals surface area contributed by atoms with Crippen LogP contribution in [-0.4, -0.2) is 30.5 Å². The van der Waals surface area contributed by atoms with Gasteiger partial charge < -0.3 is 9.64 Å². The number of rotatable bonds is 6. The molecule has 0 bridgehead atoms. The van der Waals surface area contributed by atoms with Crippen LogP contribution in [0.4, 0.5) is 5.69 Å². The molecule has 1 aromatic rings. The molecule has 0 heterocycles.